The second-order valence-corrected chi connectivity index (χ2v) is 5.94. The Bertz CT molecular complexity index is 1100. The second kappa shape index (κ2) is 8.93. The van der Waals surface area contributed by atoms with Crippen molar-refractivity contribution in [3.8, 4) is 5.75 Å². The SMILES string of the molecule is C=C(/C=C\c1oc(=O)c(C(=O)Oc2cc([N+](=O)[O-])ccc2[N+](=O)[O-])cc1C)CCl. The van der Waals surface area contributed by atoms with Crippen molar-refractivity contribution in [2.45, 2.75) is 6.92 Å². The molecule has 0 N–H and O–H groups in total. The summed E-state index contributed by atoms with van der Waals surface area (Å²) < 4.78 is 9.94. The van der Waals surface area contributed by atoms with Crippen LogP contribution in [0.2, 0.25) is 0 Å². The standard InChI is InChI=1S/C18H13ClN2O8/c1-10(9-19)3-6-15-11(2)7-13(17(22)28-15)18(23)29-16-8-12(20(24)25)4-5-14(16)21(26)27/h3-8H,1,9H2,2H3/b6-3-. The monoisotopic (exact) mass is 420 g/mol. The summed E-state index contributed by atoms with van der Waals surface area (Å²) in [6.07, 6.45) is 2.98. The molecule has 2 rings (SSSR count). The highest BCUT2D eigenvalue weighted by atomic mass is 35.5. The van der Waals surface area contributed by atoms with Gasteiger partial charge in [0.2, 0.25) is 5.75 Å². The number of rotatable bonds is 7. The first-order valence-electron chi connectivity index (χ1n) is 7.85. The maximum absolute atomic E-state index is 12.3. The van der Waals surface area contributed by atoms with Crippen LogP contribution in [-0.4, -0.2) is 21.7 Å². The van der Waals surface area contributed by atoms with E-state index in [-0.39, 0.29) is 11.6 Å². The number of nitro groups is 2. The number of hydrogen-bond donors (Lipinski definition) is 0. The zero-order chi connectivity index (χ0) is 21.7. The van der Waals surface area contributed by atoms with Crippen molar-refractivity contribution < 1.29 is 23.8 Å². The molecule has 0 unspecified atom stereocenters. The molecule has 29 heavy (non-hydrogen) atoms. The van der Waals surface area contributed by atoms with Gasteiger partial charge in [-0.15, -0.1) is 11.6 Å². The normalized spacial score (nSPS) is 10.7. The minimum Gasteiger partial charge on any atom is -0.422 e. The molecule has 0 atom stereocenters. The summed E-state index contributed by atoms with van der Waals surface area (Å²) in [6, 6.07) is 3.62. The maximum atomic E-state index is 12.3. The van der Waals surface area contributed by atoms with E-state index < -0.39 is 44.1 Å². The van der Waals surface area contributed by atoms with Gasteiger partial charge in [-0.2, -0.15) is 0 Å². The predicted molar refractivity (Wildman–Crippen MR) is 103 cm³/mol. The number of nitro benzene ring substituents is 2. The highest BCUT2D eigenvalue weighted by molar-refractivity contribution is 6.19. The summed E-state index contributed by atoms with van der Waals surface area (Å²) in [5, 5.41) is 21.9. The van der Waals surface area contributed by atoms with Gasteiger partial charge in [0.05, 0.1) is 15.9 Å². The van der Waals surface area contributed by atoms with E-state index in [0.717, 1.165) is 18.2 Å². The first-order valence-corrected chi connectivity index (χ1v) is 8.39. The molecule has 1 aromatic heterocycles. The minimum atomic E-state index is -1.26. The molecule has 0 aliphatic carbocycles. The Balaban J connectivity index is 2.40. The molecule has 1 heterocycles. The number of nitrogens with zero attached hydrogens (tertiary/aromatic N) is 2. The molecule has 0 amide bonds. The molecular formula is C18H13ClN2O8. The lowest BCUT2D eigenvalue weighted by Crippen LogP contribution is -2.20. The molecule has 11 heteroatoms. The summed E-state index contributed by atoms with van der Waals surface area (Å²) in [6.45, 7) is 5.21. The molecule has 0 spiro atoms. The van der Waals surface area contributed by atoms with Crippen molar-refractivity contribution in [1.82, 2.24) is 0 Å². The van der Waals surface area contributed by atoms with Crippen LogP contribution in [0.3, 0.4) is 0 Å². The van der Waals surface area contributed by atoms with Crippen LogP contribution >= 0.6 is 11.6 Å². The molecule has 0 saturated heterocycles. The van der Waals surface area contributed by atoms with Crippen LogP contribution < -0.4 is 10.4 Å². The van der Waals surface area contributed by atoms with Crippen LogP contribution in [0.5, 0.6) is 5.75 Å². The van der Waals surface area contributed by atoms with Gasteiger partial charge < -0.3 is 9.15 Å². The summed E-state index contributed by atoms with van der Waals surface area (Å²) in [4.78, 5) is 44.7. The van der Waals surface area contributed by atoms with Crippen LogP contribution in [0.1, 0.15) is 21.7 Å². The van der Waals surface area contributed by atoms with Crippen molar-refractivity contribution >= 4 is 35.0 Å². The average Bonchev–Trinajstić information content (AvgIpc) is 2.67. The number of carbonyl (C=O) groups is 1. The van der Waals surface area contributed by atoms with E-state index >= 15 is 0 Å². The lowest BCUT2D eigenvalue weighted by molar-refractivity contribution is -0.389. The number of allylic oxidation sites excluding steroid dienone is 2. The third-order valence-corrected chi connectivity index (χ3v) is 3.93. The third kappa shape index (κ3) is 5.14. The number of non-ortho nitro benzene ring substituents is 1. The average molecular weight is 421 g/mol. The van der Waals surface area contributed by atoms with Gasteiger partial charge in [0.15, 0.2) is 0 Å². The zero-order valence-corrected chi connectivity index (χ0v) is 15.7. The molecule has 1 aromatic carbocycles. The number of benzene rings is 1. The van der Waals surface area contributed by atoms with E-state index in [4.69, 9.17) is 20.8 Å². The Kier molecular flexibility index (Phi) is 6.63. The Morgan fingerprint density at radius 1 is 1.28 bits per heavy atom. The second-order valence-electron chi connectivity index (χ2n) is 5.68. The quantitative estimate of drug-likeness (QED) is 0.164. The number of carbonyl (C=O) groups excluding carboxylic acids is 1. The maximum Gasteiger partial charge on any atom is 0.351 e. The molecule has 0 aliphatic heterocycles. The van der Waals surface area contributed by atoms with Crippen LogP contribution in [0.4, 0.5) is 11.4 Å². The van der Waals surface area contributed by atoms with E-state index in [1.54, 1.807) is 6.92 Å². The first-order chi connectivity index (χ1) is 13.6. The Morgan fingerprint density at radius 2 is 1.97 bits per heavy atom. The van der Waals surface area contributed by atoms with Crippen LogP contribution in [-0.2, 0) is 0 Å². The van der Waals surface area contributed by atoms with E-state index in [1.165, 1.54) is 18.2 Å². The molecule has 0 fully saturated rings. The molecule has 0 radical (unpaired) electrons. The van der Waals surface area contributed by atoms with Crippen LogP contribution in [0.15, 0.2) is 51.7 Å². The van der Waals surface area contributed by atoms with Crippen molar-refractivity contribution in [2.75, 3.05) is 5.88 Å². The Labute approximate surface area is 168 Å². The van der Waals surface area contributed by atoms with Gasteiger partial charge in [-0.25, -0.2) is 9.59 Å². The van der Waals surface area contributed by atoms with Gasteiger partial charge in [-0.3, -0.25) is 20.2 Å². The number of aryl methyl sites for hydroxylation is 1. The van der Waals surface area contributed by atoms with Crippen LogP contribution in [0.25, 0.3) is 6.08 Å². The molecule has 0 saturated carbocycles. The van der Waals surface area contributed by atoms with Gasteiger partial charge in [0.1, 0.15) is 11.3 Å². The van der Waals surface area contributed by atoms with Gasteiger partial charge in [0.25, 0.3) is 5.69 Å². The third-order valence-electron chi connectivity index (χ3n) is 3.59. The summed E-state index contributed by atoms with van der Waals surface area (Å²) in [5.74, 6) is -1.61. The van der Waals surface area contributed by atoms with Crippen molar-refractivity contribution in [3.05, 3.63) is 90.0 Å². The van der Waals surface area contributed by atoms with Gasteiger partial charge in [-0.05, 0) is 30.2 Å². The minimum absolute atomic E-state index is 0.152. The fourth-order valence-corrected chi connectivity index (χ4v) is 2.22. The van der Waals surface area contributed by atoms with Gasteiger partial charge in [0, 0.05) is 18.0 Å². The van der Waals surface area contributed by atoms with E-state index in [1.807, 2.05) is 0 Å². The fourth-order valence-electron chi connectivity index (χ4n) is 2.13. The predicted octanol–water partition coefficient (Wildman–Crippen LogP) is 3.79. The van der Waals surface area contributed by atoms with E-state index in [0.29, 0.717) is 11.1 Å². The van der Waals surface area contributed by atoms with Crippen molar-refractivity contribution in [1.29, 1.82) is 0 Å². The molecule has 0 aliphatic rings. The van der Waals surface area contributed by atoms with E-state index in [9.17, 15) is 29.8 Å². The highest BCUT2D eigenvalue weighted by Gasteiger charge is 2.24. The number of alkyl halides is 1. The Hall–Kier alpha value is -3.79. The van der Waals surface area contributed by atoms with Gasteiger partial charge >= 0.3 is 17.3 Å². The van der Waals surface area contributed by atoms with Crippen molar-refractivity contribution in [2.24, 2.45) is 0 Å². The van der Waals surface area contributed by atoms with Gasteiger partial charge in [-0.1, -0.05) is 12.7 Å². The molecular weight excluding hydrogens is 408 g/mol. The first kappa shape index (κ1) is 21.5. The summed E-state index contributed by atoms with van der Waals surface area (Å²) in [5.41, 5.74) is -1.83. The molecule has 10 nitrogen and oxygen atoms in total. The summed E-state index contributed by atoms with van der Waals surface area (Å²) in [7, 11) is 0. The lowest BCUT2D eigenvalue weighted by atomic mass is 10.1. The number of esters is 1. The van der Waals surface area contributed by atoms with E-state index in [2.05, 4.69) is 6.58 Å². The van der Waals surface area contributed by atoms with Crippen molar-refractivity contribution in [3.63, 3.8) is 0 Å². The number of halogens is 1. The molecule has 150 valence electrons. The smallest absolute Gasteiger partial charge is 0.351 e. The zero-order valence-electron chi connectivity index (χ0n) is 14.9. The summed E-state index contributed by atoms with van der Waals surface area (Å²) >= 11 is 5.60. The Morgan fingerprint density at radius 3 is 2.55 bits per heavy atom. The number of hydrogen-bond acceptors (Lipinski definition) is 8. The molecule has 0 bridgehead atoms. The lowest BCUT2D eigenvalue weighted by Gasteiger charge is -2.06. The largest absolute Gasteiger partial charge is 0.422 e. The van der Waals surface area contributed by atoms with Crippen LogP contribution in [0, 0.1) is 27.2 Å². The fraction of sp³-hybridized carbons (Fsp3) is 0.111. The highest BCUT2D eigenvalue weighted by Crippen LogP contribution is 2.31. The molecule has 2 aromatic rings. The number of ether oxygens (including phenoxy) is 1. The topological polar surface area (TPSA) is 143 Å².